The van der Waals surface area contributed by atoms with E-state index in [4.69, 9.17) is 0 Å². The number of rotatable bonds is 8. The number of carboxylic acids is 1. The molecule has 0 bridgehead atoms. The first-order chi connectivity index (χ1) is 16.1. The summed E-state index contributed by atoms with van der Waals surface area (Å²) in [5.74, 6) is -1.46. The molecule has 1 radical (unpaired) electrons. The Labute approximate surface area is 209 Å². The second kappa shape index (κ2) is 12.3. The number of carbonyl (C=O) groups is 2. The Morgan fingerprint density at radius 3 is 2.29 bits per heavy atom. The number of carbonyl (C=O) groups excluding carboxylic acids is 2. The summed E-state index contributed by atoms with van der Waals surface area (Å²) in [5.41, 5.74) is 3.49. The normalized spacial score (nSPS) is 16.0. The number of nitrogens with zero attached hydrogens (tertiary/aromatic N) is 3. The van der Waals surface area contributed by atoms with E-state index in [9.17, 15) is 14.7 Å². The average Bonchev–Trinajstić information content (AvgIpc) is 3.29. The summed E-state index contributed by atoms with van der Waals surface area (Å²) in [6, 6.07) is 26.3. The number of amides is 1. The molecule has 1 amide bonds. The Morgan fingerprint density at radius 2 is 1.59 bits per heavy atom. The number of aliphatic carboxylic acids is 1. The zero-order chi connectivity index (χ0) is 23.0. The van der Waals surface area contributed by atoms with Crippen LogP contribution in [0.4, 0.5) is 5.69 Å². The van der Waals surface area contributed by atoms with E-state index in [1.54, 1.807) is 6.07 Å². The molecule has 175 valence electrons. The van der Waals surface area contributed by atoms with Crippen molar-refractivity contribution >= 4 is 23.3 Å². The topological polar surface area (TPSA) is 86.9 Å². The summed E-state index contributed by atoms with van der Waals surface area (Å²) in [4.78, 5) is 30.8. The molecule has 1 atom stereocenters. The molecule has 3 aromatic carbocycles. The second-order valence-electron chi connectivity index (χ2n) is 7.98. The Hall–Kier alpha value is -3.28. The standard InChI is InChI=1S/C27H27N3O3.Ni/c31-25(32)18-28-26(21-12-5-2-6-13-21)22-14-7-8-15-23(22)29-27(33)24-16-9-17-30(24)19-20-10-3-1-4-11-20;/h1-8,10-15,24H,9,16-19H2,(H2,28,29,31,32,33);/q;+3/p-2/t24-;/m0./s1. The maximum atomic E-state index is 13.2. The number of hydrogen-bond acceptors (Lipinski definition) is 5. The predicted molar refractivity (Wildman–Crippen MR) is 126 cm³/mol. The van der Waals surface area contributed by atoms with Gasteiger partial charge in [0.2, 0.25) is 0 Å². The van der Waals surface area contributed by atoms with E-state index < -0.39 is 12.5 Å². The van der Waals surface area contributed by atoms with Crippen molar-refractivity contribution in [1.29, 1.82) is 0 Å². The van der Waals surface area contributed by atoms with Gasteiger partial charge in [-0.3, -0.25) is 9.89 Å². The number of carboxylic acid groups (broad SMARTS) is 1. The van der Waals surface area contributed by atoms with Crippen molar-refractivity contribution in [1.82, 2.24) is 4.90 Å². The fourth-order valence-corrected chi connectivity index (χ4v) is 4.15. The molecule has 1 saturated heterocycles. The molecular weight excluding hydrogens is 473 g/mol. The van der Waals surface area contributed by atoms with E-state index in [0.717, 1.165) is 24.9 Å². The van der Waals surface area contributed by atoms with Crippen LogP contribution in [0.5, 0.6) is 0 Å². The molecule has 3 aromatic rings. The van der Waals surface area contributed by atoms with Gasteiger partial charge >= 0.3 is 16.5 Å². The van der Waals surface area contributed by atoms with Gasteiger partial charge in [-0.2, -0.15) is 0 Å². The van der Waals surface area contributed by atoms with Crippen LogP contribution < -0.4 is 5.11 Å². The van der Waals surface area contributed by atoms with Crippen molar-refractivity contribution < 1.29 is 31.2 Å². The van der Waals surface area contributed by atoms with Crippen molar-refractivity contribution in [3.63, 3.8) is 0 Å². The summed E-state index contributed by atoms with van der Waals surface area (Å²) >= 11 is 0. The van der Waals surface area contributed by atoms with Gasteiger partial charge in [-0.15, -0.1) is 5.69 Å². The average molecular weight is 498 g/mol. The third kappa shape index (κ3) is 6.40. The number of aliphatic imine (C=N–C) groups is 1. The minimum absolute atomic E-state index is 0. The molecular formula is C27H25N3NiO3+. The molecule has 0 N–H and O–H groups in total. The van der Waals surface area contributed by atoms with E-state index >= 15 is 0 Å². The van der Waals surface area contributed by atoms with Gasteiger partial charge in [0.15, 0.2) is 0 Å². The Morgan fingerprint density at radius 1 is 0.941 bits per heavy atom. The van der Waals surface area contributed by atoms with Crippen LogP contribution in [-0.4, -0.2) is 41.6 Å². The third-order valence-electron chi connectivity index (χ3n) is 5.68. The molecule has 7 heteroatoms. The number of benzene rings is 3. The molecule has 0 saturated carbocycles. The van der Waals surface area contributed by atoms with Gasteiger partial charge in [-0.1, -0.05) is 84.9 Å². The number of para-hydroxylation sites is 1. The molecule has 0 aliphatic carbocycles. The Kier molecular flexibility index (Phi) is 9.14. The number of likely N-dealkylation sites (tertiary alicyclic amines) is 1. The van der Waals surface area contributed by atoms with Gasteiger partial charge in [0.25, 0.3) is 0 Å². The van der Waals surface area contributed by atoms with Crippen LogP contribution in [0.2, 0.25) is 0 Å². The fraction of sp³-hybridized carbons (Fsp3) is 0.222. The molecule has 0 unspecified atom stereocenters. The third-order valence-corrected chi connectivity index (χ3v) is 5.68. The van der Waals surface area contributed by atoms with Gasteiger partial charge < -0.3 is 20.0 Å². The van der Waals surface area contributed by atoms with Gasteiger partial charge in [0, 0.05) is 12.1 Å². The second-order valence-corrected chi connectivity index (χ2v) is 7.98. The van der Waals surface area contributed by atoms with Gasteiger partial charge in [-0.05, 0) is 30.5 Å². The first-order valence-corrected chi connectivity index (χ1v) is 11.0. The fourth-order valence-electron chi connectivity index (χ4n) is 4.15. The quantitative estimate of drug-likeness (QED) is 0.352. The first kappa shape index (κ1) is 25.3. The molecule has 4 rings (SSSR count). The SMILES string of the molecule is O=C([O-])CN=C(c1ccccc1)c1ccccc1[N-]C(=O)[C@@H]1CCCN1Cc1ccccc1.[Ni+3]. The molecule has 1 fully saturated rings. The van der Waals surface area contributed by atoms with E-state index in [-0.39, 0.29) is 28.4 Å². The molecule has 0 aromatic heterocycles. The van der Waals surface area contributed by atoms with Crippen LogP contribution in [0.1, 0.15) is 29.5 Å². The van der Waals surface area contributed by atoms with Crippen LogP contribution in [-0.2, 0) is 32.6 Å². The monoisotopic (exact) mass is 497 g/mol. The van der Waals surface area contributed by atoms with Crippen LogP contribution in [0.15, 0.2) is 89.9 Å². The van der Waals surface area contributed by atoms with Crippen LogP contribution in [0.3, 0.4) is 0 Å². The van der Waals surface area contributed by atoms with Crippen molar-refractivity contribution in [2.24, 2.45) is 4.99 Å². The summed E-state index contributed by atoms with van der Waals surface area (Å²) in [5, 5.41) is 15.6. The van der Waals surface area contributed by atoms with E-state index in [0.29, 0.717) is 23.5 Å². The predicted octanol–water partition coefficient (Wildman–Crippen LogP) is 3.47. The van der Waals surface area contributed by atoms with E-state index in [2.05, 4.69) is 27.3 Å². The van der Waals surface area contributed by atoms with Crippen molar-refractivity contribution in [2.45, 2.75) is 25.4 Å². The van der Waals surface area contributed by atoms with Crippen LogP contribution >= 0.6 is 0 Å². The summed E-state index contributed by atoms with van der Waals surface area (Å²) in [6.45, 7) is 1.08. The minimum atomic E-state index is -1.27. The van der Waals surface area contributed by atoms with Crippen LogP contribution in [0.25, 0.3) is 5.32 Å². The molecule has 1 aliphatic heterocycles. The maximum absolute atomic E-state index is 13.2. The molecule has 34 heavy (non-hydrogen) atoms. The van der Waals surface area contributed by atoms with E-state index in [1.807, 2.05) is 66.7 Å². The smallest absolute Gasteiger partial charge is 0.625 e. The van der Waals surface area contributed by atoms with Crippen molar-refractivity contribution in [3.05, 3.63) is 107 Å². The summed E-state index contributed by atoms with van der Waals surface area (Å²) in [7, 11) is 0. The van der Waals surface area contributed by atoms with Crippen LogP contribution in [0, 0.1) is 0 Å². The molecule has 1 aliphatic rings. The maximum Gasteiger partial charge on any atom is 3.00 e. The van der Waals surface area contributed by atoms with Crippen molar-refractivity contribution in [2.75, 3.05) is 13.1 Å². The van der Waals surface area contributed by atoms with Gasteiger partial charge in [-0.25, -0.2) is 0 Å². The molecule has 6 nitrogen and oxygen atoms in total. The Balaban J connectivity index is 0.00000324. The van der Waals surface area contributed by atoms with E-state index in [1.165, 1.54) is 5.56 Å². The summed E-state index contributed by atoms with van der Waals surface area (Å²) in [6.07, 6.45) is 1.71. The van der Waals surface area contributed by atoms with Gasteiger partial charge in [0.1, 0.15) is 0 Å². The molecule has 1 heterocycles. The zero-order valence-corrected chi connectivity index (χ0v) is 19.6. The summed E-state index contributed by atoms with van der Waals surface area (Å²) < 4.78 is 0. The molecule has 0 spiro atoms. The largest absolute Gasteiger partial charge is 3.00 e. The van der Waals surface area contributed by atoms with Gasteiger partial charge in [0.05, 0.1) is 30.2 Å². The van der Waals surface area contributed by atoms with Crippen molar-refractivity contribution in [3.8, 4) is 0 Å². The zero-order valence-electron chi connectivity index (χ0n) is 18.6. The Bertz CT molecular complexity index is 1140. The number of hydrogen-bond donors (Lipinski definition) is 0. The first-order valence-electron chi connectivity index (χ1n) is 11.0. The minimum Gasteiger partial charge on any atom is -0.625 e.